The molecule has 1 fully saturated rings. The lowest BCUT2D eigenvalue weighted by atomic mass is 10.0. The number of benzene rings is 1. The molecule has 1 atom stereocenters. The first-order chi connectivity index (χ1) is 10.7. The molecule has 1 aliphatic heterocycles. The molecule has 1 unspecified atom stereocenters. The van der Waals surface area contributed by atoms with Crippen molar-refractivity contribution in [1.29, 1.82) is 0 Å². The van der Waals surface area contributed by atoms with E-state index in [-0.39, 0.29) is 12.0 Å². The highest BCUT2D eigenvalue weighted by Gasteiger charge is 2.29. The van der Waals surface area contributed by atoms with Crippen LogP contribution in [-0.2, 0) is 4.74 Å². The monoisotopic (exact) mass is 300 g/mol. The van der Waals surface area contributed by atoms with E-state index in [0.29, 0.717) is 36.7 Å². The topological polar surface area (TPSA) is 55.6 Å². The van der Waals surface area contributed by atoms with Gasteiger partial charge in [-0.2, -0.15) is 0 Å². The summed E-state index contributed by atoms with van der Waals surface area (Å²) < 4.78 is 10.9. The molecule has 5 nitrogen and oxygen atoms in total. The summed E-state index contributed by atoms with van der Waals surface area (Å²) in [5.41, 5.74) is 2.06. The number of aromatic nitrogens is 1. The fourth-order valence-electron chi connectivity index (χ4n) is 2.73. The van der Waals surface area contributed by atoms with Gasteiger partial charge in [-0.15, -0.1) is 0 Å². The fraction of sp³-hybridized carbons (Fsp3) is 0.412. The zero-order valence-electron chi connectivity index (χ0n) is 12.9. The Bertz CT molecular complexity index is 651. The van der Waals surface area contributed by atoms with Crippen molar-refractivity contribution in [3.8, 4) is 11.3 Å². The van der Waals surface area contributed by atoms with E-state index in [2.05, 4.69) is 12.1 Å². The number of hydrogen-bond donors (Lipinski definition) is 0. The second-order valence-electron chi connectivity index (χ2n) is 5.48. The van der Waals surface area contributed by atoms with E-state index >= 15 is 0 Å². The van der Waals surface area contributed by atoms with Crippen LogP contribution < -0.4 is 0 Å². The van der Waals surface area contributed by atoms with Crippen molar-refractivity contribution in [3.63, 3.8) is 0 Å². The SMILES string of the molecule is CCC1CN(C(=O)c2c(-c3ccccc3)noc2C)CCO1. The maximum atomic E-state index is 12.9. The molecule has 1 aromatic heterocycles. The number of aryl methyl sites for hydroxylation is 1. The van der Waals surface area contributed by atoms with Crippen LogP contribution >= 0.6 is 0 Å². The number of rotatable bonds is 3. The minimum atomic E-state index is -0.0284. The minimum absolute atomic E-state index is 0.0284. The quantitative estimate of drug-likeness (QED) is 0.874. The van der Waals surface area contributed by atoms with Crippen molar-refractivity contribution in [3.05, 3.63) is 41.7 Å². The number of morpholine rings is 1. The third-order valence-corrected chi connectivity index (χ3v) is 4.01. The second kappa shape index (κ2) is 6.32. The minimum Gasteiger partial charge on any atom is -0.375 e. The van der Waals surface area contributed by atoms with Crippen molar-refractivity contribution in [2.24, 2.45) is 0 Å². The summed E-state index contributed by atoms with van der Waals surface area (Å²) in [5, 5.41) is 4.09. The average molecular weight is 300 g/mol. The highest BCUT2D eigenvalue weighted by molar-refractivity contribution is 6.00. The van der Waals surface area contributed by atoms with Gasteiger partial charge in [0.15, 0.2) is 0 Å². The van der Waals surface area contributed by atoms with Gasteiger partial charge in [0.2, 0.25) is 0 Å². The Hall–Kier alpha value is -2.14. The van der Waals surface area contributed by atoms with Crippen LogP contribution in [0, 0.1) is 6.92 Å². The van der Waals surface area contributed by atoms with Crippen LogP contribution in [0.1, 0.15) is 29.5 Å². The van der Waals surface area contributed by atoms with Crippen LogP contribution in [-0.4, -0.2) is 41.8 Å². The molecule has 0 aliphatic carbocycles. The first-order valence-corrected chi connectivity index (χ1v) is 7.63. The second-order valence-corrected chi connectivity index (χ2v) is 5.48. The normalized spacial score (nSPS) is 18.5. The van der Waals surface area contributed by atoms with Gasteiger partial charge in [-0.1, -0.05) is 42.4 Å². The maximum absolute atomic E-state index is 12.9. The fourth-order valence-corrected chi connectivity index (χ4v) is 2.73. The molecule has 0 N–H and O–H groups in total. The Balaban J connectivity index is 1.91. The molecule has 0 saturated carbocycles. The lowest BCUT2D eigenvalue weighted by Crippen LogP contribution is -2.45. The van der Waals surface area contributed by atoms with Crippen LogP contribution in [0.2, 0.25) is 0 Å². The third-order valence-electron chi connectivity index (χ3n) is 4.01. The van der Waals surface area contributed by atoms with Gasteiger partial charge in [-0.05, 0) is 13.3 Å². The van der Waals surface area contributed by atoms with Gasteiger partial charge < -0.3 is 14.2 Å². The van der Waals surface area contributed by atoms with Crippen LogP contribution in [0.5, 0.6) is 0 Å². The van der Waals surface area contributed by atoms with Gasteiger partial charge >= 0.3 is 0 Å². The smallest absolute Gasteiger partial charge is 0.259 e. The van der Waals surface area contributed by atoms with Crippen LogP contribution in [0.3, 0.4) is 0 Å². The van der Waals surface area contributed by atoms with Crippen molar-refractivity contribution in [2.75, 3.05) is 19.7 Å². The van der Waals surface area contributed by atoms with Crippen LogP contribution in [0.15, 0.2) is 34.9 Å². The van der Waals surface area contributed by atoms with E-state index in [1.807, 2.05) is 35.2 Å². The summed E-state index contributed by atoms with van der Waals surface area (Å²) in [7, 11) is 0. The molecule has 22 heavy (non-hydrogen) atoms. The van der Waals surface area contributed by atoms with Gasteiger partial charge in [-0.25, -0.2) is 0 Å². The van der Waals surface area contributed by atoms with Crippen LogP contribution in [0.4, 0.5) is 0 Å². The first-order valence-electron chi connectivity index (χ1n) is 7.63. The molecule has 1 aliphatic rings. The predicted octanol–water partition coefficient (Wildman–Crippen LogP) is 2.90. The van der Waals surface area contributed by atoms with Gasteiger partial charge in [0.1, 0.15) is 17.0 Å². The van der Waals surface area contributed by atoms with E-state index in [1.54, 1.807) is 6.92 Å². The largest absolute Gasteiger partial charge is 0.375 e. The highest BCUT2D eigenvalue weighted by Crippen LogP contribution is 2.27. The number of nitrogens with zero attached hydrogens (tertiary/aromatic N) is 2. The van der Waals surface area contributed by atoms with Gasteiger partial charge in [0, 0.05) is 18.7 Å². The van der Waals surface area contributed by atoms with E-state index in [0.717, 1.165) is 12.0 Å². The number of carbonyl (C=O) groups excluding carboxylic acids is 1. The Morgan fingerprint density at radius 2 is 2.14 bits per heavy atom. The van der Waals surface area contributed by atoms with Crippen molar-refractivity contribution < 1.29 is 14.1 Å². The lowest BCUT2D eigenvalue weighted by Gasteiger charge is -2.32. The van der Waals surface area contributed by atoms with Gasteiger partial charge in [0.25, 0.3) is 5.91 Å². The highest BCUT2D eigenvalue weighted by atomic mass is 16.5. The summed E-state index contributed by atoms with van der Waals surface area (Å²) in [6, 6.07) is 9.65. The van der Waals surface area contributed by atoms with Crippen LogP contribution in [0.25, 0.3) is 11.3 Å². The lowest BCUT2D eigenvalue weighted by molar-refractivity contribution is -0.0226. The van der Waals surface area contributed by atoms with Gasteiger partial charge in [-0.3, -0.25) is 4.79 Å². The zero-order chi connectivity index (χ0) is 15.5. The Labute approximate surface area is 129 Å². The molecular weight excluding hydrogens is 280 g/mol. The molecule has 0 radical (unpaired) electrons. The molecule has 1 aromatic carbocycles. The molecule has 116 valence electrons. The summed E-state index contributed by atoms with van der Waals surface area (Å²) in [6.45, 7) is 5.65. The molecule has 2 heterocycles. The van der Waals surface area contributed by atoms with Crippen molar-refractivity contribution >= 4 is 5.91 Å². The summed E-state index contributed by atoms with van der Waals surface area (Å²) in [4.78, 5) is 14.7. The molecule has 1 amide bonds. The Morgan fingerprint density at radius 3 is 2.86 bits per heavy atom. The number of carbonyl (C=O) groups is 1. The molecule has 2 aromatic rings. The molecular formula is C17H20N2O3. The number of ether oxygens (including phenoxy) is 1. The van der Waals surface area contributed by atoms with E-state index in [9.17, 15) is 4.79 Å². The first kappa shape index (κ1) is 14.8. The number of amides is 1. The Morgan fingerprint density at radius 1 is 1.36 bits per heavy atom. The predicted molar refractivity (Wildman–Crippen MR) is 82.6 cm³/mol. The zero-order valence-corrected chi connectivity index (χ0v) is 12.9. The van der Waals surface area contributed by atoms with Gasteiger partial charge in [0.05, 0.1) is 12.7 Å². The maximum Gasteiger partial charge on any atom is 0.259 e. The molecule has 0 bridgehead atoms. The molecule has 1 saturated heterocycles. The standard InChI is InChI=1S/C17H20N2O3/c1-3-14-11-19(9-10-21-14)17(20)15-12(2)22-18-16(15)13-7-5-4-6-8-13/h4-8,14H,3,9-11H2,1-2H3. The number of hydrogen-bond acceptors (Lipinski definition) is 4. The van der Waals surface area contributed by atoms with E-state index in [4.69, 9.17) is 9.26 Å². The molecule has 0 spiro atoms. The van der Waals surface area contributed by atoms with Crippen molar-refractivity contribution in [1.82, 2.24) is 10.1 Å². The Kier molecular flexibility index (Phi) is 4.24. The molecule has 5 heteroatoms. The third kappa shape index (κ3) is 2.76. The van der Waals surface area contributed by atoms with Crippen molar-refractivity contribution in [2.45, 2.75) is 26.4 Å². The van der Waals surface area contributed by atoms with E-state index in [1.165, 1.54) is 0 Å². The van der Waals surface area contributed by atoms with E-state index < -0.39 is 0 Å². The molecule has 3 rings (SSSR count). The summed E-state index contributed by atoms with van der Waals surface area (Å²) in [6.07, 6.45) is 1.01. The summed E-state index contributed by atoms with van der Waals surface area (Å²) >= 11 is 0. The average Bonchev–Trinajstić information content (AvgIpc) is 2.96. The summed E-state index contributed by atoms with van der Waals surface area (Å²) in [5.74, 6) is 0.530.